The minimum atomic E-state index is -0.104. The molecule has 3 amide bonds. The van der Waals surface area contributed by atoms with Crippen molar-refractivity contribution >= 4 is 23.3 Å². The Bertz CT molecular complexity index is 738. The smallest absolute Gasteiger partial charge is 0.321 e. The van der Waals surface area contributed by atoms with Gasteiger partial charge in [-0.05, 0) is 49.6 Å². The van der Waals surface area contributed by atoms with Crippen LogP contribution in [0.25, 0.3) is 0 Å². The Morgan fingerprint density at radius 2 is 1.60 bits per heavy atom. The normalized spacial score (nSPS) is 14.8. The van der Waals surface area contributed by atoms with Gasteiger partial charge >= 0.3 is 6.03 Å². The van der Waals surface area contributed by atoms with Crippen molar-refractivity contribution in [2.75, 3.05) is 23.7 Å². The topological polar surface area (TPSA) is 61.4 Å². The van der Waals surface area contributed by atoms with Crippen LogP contribution >= 0.6 is 0 Å². The minimum Gasteiger partial charge on any atom is -0.326 e. The second-order valence-corrected chi connectivity index (χ2v) is 6.42. The number of aryl methyl sites for hydroxylation is 1. The maximum atomic E-state index is 12.4. The SMILES string of the molecule is Cc1cccc(NC(=O)N2CCC(C(=O)Nc3ccccc3)CC2)c1. The molecule has 0 aliphatic carbocycles. The Morgan fingerprint density at radius 1 is 0.920 bits per heavy atom. The van der Waals surface area contributed by atoms with Crippen LogP contribution in [0, 0.1) is 12.8 Å². The predicted octanol–water partition coefficient (Wildman–Crippen LogP) is 3.88. The molecule has 0 atom stereocenters. The average Bonchev–Trinajstić information content (AvgIpc) is 2.62. The van der Waals surface area contributed by atoms with E-state index in [0.717, 1.165) is 16.9 Å². The van der Waals surface area contributed by atoms with E-state index in [9.17, 15) is 9.59 Å². The average molecular weight is 337 g/mol. The number of piperidine rings is 1. The van der Waals surface area contributed by atoms with Crippen molar-refractivity contribution in [3.63, 3.8) is 0 Å². The van der Waals surface area contributed by atoms with Crippen molar-refractivity contribution in [3.8, 4) is 0 Å². The van der Waals surface area contributed by atoms with E-state index in [4.69, 9.17) is 0 Å². The van der Waals surface area contributed by atoms with Crippen LogP contribution in [0.4, 0.5) is 16.2 Å². The lowest BCUT2D eigenvalue weighted by atomic mass is 9.96. The number of hydrogen-bond acceptors (Lipinski definition) is 2. The van der Waals surface area contributed by atoms with Gasteiger partial charge in [0.2, 0.25) is 5.91 Å². The molecule has 0 spiro atoms. The Hall–Kier alpha value is -2.82. The van der Waals surface area contributed by atoms with Crippen LogP contribution in [0.2, 0.25) is 0 Å². The standard InChI is InChI=1S/C20H23N3O2/c1-15-6-5-9-18(14-15)22-20(25)23-12-10-16(11-13-23)19(24)21-17-7-3-2-4-8-17/h2-9,14,16H,10-13H2,1H3,(H,21,24)(H,22,25). The maximum Gasteiger partial charge on any atom is 0.321 e. The largest absolute Gasteiger partial charge is 0.326 e. The summed E-state index contributed by atoms with van der Waals surface area (Å²) in [7, 11) is 0. The third-order valence-electron chi connectivity index (χ3n) is 4.46. The number of anilines is 2. The summed E-state index contributed by atoms with van der Waals surface area (Å²) in [5.41, 5.74) is 2.72. The third-order valence-corrected chi connectivity index (χ3v) is 4.46. The zero-order valence-electron chi connectivity index (χ0n) is 14.4. The summed E-state index contributed by atoms with van der Waals surface area (Å²) in [6.45, 7) is 3.17. The van der Waals surface area contributed by atoms with Gasteiger partial charge in [-0.3, -0.25) is 4.79 Å². The molecule has 0 unspecified atom stereocenters. The summed E-state index contributed by atoms with van der Waals surface area (Å²) in [6.07, 6.45) is 1.36. The molecule has 2 N–H and O–H groups in total. The van der Waals surface area contributed by atoms with Gasteiger partial charge < -0.3 is 15.5 Å². The molecule has 0 aromatic heterocycles. The maximum absolute atomic E-state index is 12.4. The zero-order chi connectivity index (χ0) is 17.6. The van der Waals surface area contributed by atoms with Crippen LogP contribution in [0.1, 0.15) is 18.4 Å². The number of nitrogens with zero attached hydrogens (tertiary/aromatic N) is 1. The van der Waals surface area contributed by atoms with Crippen LogP contribution in [0.3, 0.4) is 0 Å². The number of likely N-dealkylation sites (tertiary alicyclic amines) is 1. The first-order chi connectivity index (χ1) is 12.1. The number of amides is 3. The number of hydrogen-bond donors (Lipinski definition) is 2. The van der Waals surface area contributed by atoms with Gasteiger partial charge in [-0.25, -0.2) is 4.79 Å². The van der Waals surface area contributed by atoms with Gasteiger partial charge in [0.05, 0.1) is 0 Å². The molecule has 0 radical (unpaired) electrons. The van der Waals surface area contributed by atoms with Gasteiger partial charge in [0.15, 0.2) is 0 Å². The van der Waals surface area contributed by atoms with E-state index in [2.05, 4.69) is 10.6 Å². The van der Waals surface area contributed by atoms with E-state index < -0.39 is 0 Å². The lowest BCUT2D eigenvalue weighted by Gasteiger charge is -2.31. The van der Waals surface area contributed by atoms with Crippen molar-refractivity contribution < 1.29 is 9.59 Å². The highest BCUT2D eigenvalue weighted by Crippen LogP contribution is 2.20. The van der Waals surface area contributed by atoms with Gasteiger partial charge in [0.1, 0.15) is 0 Å². The van der Waals surface area contributed by atoms with Crippen LogP contribution in [0.5, 0.6) is 0 Å². The van der Waals surface area contributed by atoms with Crippen molar-refractivity contribution in [1.29, 1.82) is 0 Å². The molecular weight excluding hydrogens is 314 g/mol. The third kappa shape index (κ3) is 4.59. The molecule has 130 valence electrons. The molecule has 0 bridgehead atoms. The number of rotatable bonds is 3. The summed E-state index contributed by atoms with van der Waals surface area (Å²) >= 11 is 0. The fourth-order valence-electron chi connectivity index (χ4n) is 3.04. The molecule has 1 aliphatic rings. The number of nitrogens with one attached hydrogen (secondary N) is 2. The summed E-state index contributed by atoms with van der Waals surface area (Å²) < 4.78 is 0. The summed E-state index contributed by atoms with van der Waals surface area (Å²) in [6, 6.07) is 17.1. The molecule has 1 saturated heterocycles. The molecular formula is C20H23N3O2. The van der Waals surface area contributed by atoms with Gasteiger partial charge in [-0.2, -0.15) is 0 Å². The lowest BCUT2D eigenvalue weighted by molar-refractivity contribution is -0.121. The van der Waals surface area contributed by atoms with E-state index in [0.29, 0.717) is 25.9 Å². The van der Waals surface area contributed by atoms with Crippen molar-refractivity contribution in [3.05, 3.63) is 60.2 Å². The van der Waals surface area contributed by atoms with Gasteiger partial charge in [-0.1, -0.05) is 30.3 Å². The first kappa shape index (κ1) is 17.0. The minimum absolute atomic E-state index is 0.0324. The van der Waals surface area contributed by atoms with E-state index in [1.807, 2.05) is 61.5 Å². The van der Waals surface area contributed by atoms with Crippen LogP contribution in [-0.4, -0.2) is 29.9 Å². The molecule has 3 rings (SSSR count). The van der Waals surface area contributed by atoms with Gasteiger partial charge in [0.25, 0.3) is 0 Å². The number of benzene rings is 2. The quantitative estimate of drug-likeness (QED) is 0.893. The Kier molecular flexibility index (Phi) is 5.33. The predicted molar refractivity (Wildman–Crippen MR) is 99.6 cm³/mol. The molecule has 5 heteroatoms. The summed E-state index contributed by atoms with van der Waals surface area (Å²) in [4.78, 5) is 26.5. The fraction of sp³-hybridized carbons (Fsp3) is 0.300. The fourth-order valence-corrected chi connectivity index (χ4v) is 3.04. The molecule has 5 nitrogen and oxygen atoms in total. The van der Waals surface area contributed by atoms with Gasteiger partial charge in [0, 0.05) is 30.4 Å². The van der Waals surface area contributed by atoms with E-state index in [1.54, 1.807) is 4.90 Å². The summed E-state index contributed by atoms with van der Waals surface area (Å²) in [5.74, 6) is -0.0202. The monoisotopic (exact) mass is 337 g/mol. The Morgan fingerprint density at radius 3 is 2.28 bits per heavy atom. The van der Waals surface area contributed by atoms with E-state index in [1.165, 1.54) is 0 Å². The first-order valence-corrected chi connectivity index (χ1v) is 8.60. The van der Waals surface area contributed by atoms with Crippen molar-refractivity contribution in [1.82, 2.24) is 4.90 Å². The second-order valence-electron chi connectivity index (χ2n) is 6.42. The highest BCUT2D eigenvalue weighted by molar-refractivity contribution is 5.93. The Labute approximate surface area is 148 Å². The number of para-hydroxylation sites is 1. The van der Waals surface area contributed by atoms with Crippen LogP contribution in [-0.2, 0) is 4.79 Å². The van der Waals surface area contributed by atoms with E-state index >= 15 is 0 Å². The molecule has 25 heavy (non-hydrogen) atoms. The molecule has 1 aliphatic heterocycles. The molecule has 2 aromatic rings. The zero-order valence-corrected chi connectivity index (χ0v) is 14.4. The van der Waals surface area contributed by atoms with Crippen LogP contribution in [0.15, 0.2) is 54.6 Å². The highest BCUT2D eigenvalue weighted by Gasteiger charge is 2.27. The molecule has 1 fully saturated rings. The highest BCUT2D eigenvalue weighted by atomic mass is 16.2. The number of carbonyl (C=O) groups excluding carboxylic acids is 2. The Balaban J connectivity index is 1.49. The lowest BCUT2D eigenvalue weighted by Crippen LogP contribution is -2.43. The number of carbonyl (C=O) groups is 2. The van der Waals surface area contributed by atoms with Crippen LogP contribution < -0.4 is 10.6 Å². The molecule has 1 heterocycles. The summed E-state index contributed by atoms with van der Waals surface area (Å²) in [5, 5.41) is 5.87. The molecule has 0 saturated carbocycles. The molecule has 2 aromatic carbocycles. The van der Waals surface area contributed by atoms with E-state index in [-0.39, 0.29) is 17.9 Å². The second kappa shape index (κ2) is 7.83. The first-order valence-electron chi connectivity index (χ1n) is 8.60. The van der Waals surface area contributed by atoms with Crippen molar-refractivity contribution in [2.24, 2.45) is 5.92 Å². The number of urea groups is 1. The van der Waals surface area contributed by atoms with Crippen molar-refractivity contribution in [2.45, 2.75) is 19.8 Å². The van der Waals surface area contributed by atoms with Gasteiger partial charge in [-0.15, -0.1) is 0 Å².